The van der Waals surface area contributed by atoms with Gasteiger partial charge in [0.25, 0.3) is 5.91 Å². The first-order chi connectivity index (χ1) is 12.5. The van der Waals surface area contributed by atoms with Crippen LogP contribution in [0.2, 0.25) is 0 Å². The first-order valence-corrected chi connectivity index (χ1v) is 7.98. The van der Waals surface area contributed by atoms with Gasteiger partial charge in [0.2, 0.25) is 5.91 Å². The van der Waals surface area contributed by atoms with Gasteiger partial charge in [-0.2, -0.15) is 5.10 Å². The number of carbonyl (C=O) groups is 2. The van der Waals surface area contributed by atoms with Crippen LogP contribution in [0, 0.1) is 5.82 Å². The van der Waals surface area contributed by atoms with Crippen LogP contribution in [0.25, 0.3) is 11.3 Å². The normalized spacial score (nSPS) is 11.7. The molecule has 3 aromatic rings. The first-order valence-electron chi connectivity index (χ1n) is 7.98. The minimum atomic E-state index is -0.741. The van der Waals surface area contributed by atoms with E-state index in [0.717, 1.165) is 5.56 Å². The number of amides is 2. The number of hydrogen-bond donors (Lipinski definition) is 3. The fourth-order valence-corrected chi connectivity index (χ4v) is 2.70. The van der Waals surface area contributed by atoms with Crippen molar-refractivity contribution in [3.05, 3.63) is 77.7 Å². The lowest BCUT2D eigenvalue weighted by molar-refractivity contribution is -0.118. The second kappa shape index (κ2) is 7.60. The van der Waals surface area contributed by atoms with Crippen LogP contribution in [-0.4, -0.2) is 22.0 Å². The average molecular weight is 352 g/mol. The van der Waals surface area contributed by atoms with E-state index >= 15 is 0 Å². The van der Waals surface area contributed by atoms with Crippen molar-refractivity contribution >= 4 is 11.8 Å². The molecule has 0 radical (unpaired) electrons. The van der Waals surface area contributed by atoms with Gasteiger partial charge >= 0.3 is 0 Å². The van der Waals surface area contributed by atoms with Crippen LogP contribution in [0.5, 0.6) is 0 Å². The van der Waals surface area contributed by atoms with E-state index in [1.165, 1.54) is 24.4 Å². The summed E-state index contributed by atoms with van der Waals surface area (Å²) in [7, 11) is 0. The molecule has 1 aromatic heterocycles. The monoisotopic (exact) mass is 352 g/mol. The Morgan fingerprint density at radius 2 is 1.92 bits per heavy atom. The second-order valence-corrected chi connectivity index (χ2v) is 5.78. The van der Waals surface area contributed by atoms with Crippen LogP contribution in [0.1, 0.15) is 28.4 Å². The molecular weight excluding hydrogens is 335 g/mol. The van der Waals surface area contributed by atoms with Gasteiger partial charge in [-0.1, -0.05) is 42.5 Å². The number of aromatic amines is 1. The predicted octanol–water partition coefficient (Wildman–Crippen LogP) is 2.56. The summed E-state index contributed by atoms with van der Waals surface area (Å²) in [5.41, 5.74) is 7.42. The highest BCUT2D eigenvalue weighted by atomic mass is 19.1. The molecule has 2 aromatic carbocycles. The van der Waals surface area contributed by atoms with Crippen molar-refractivity contribution in [3.8, 4) is 11.3 Å². The zero-order valence-electron chi connectivity index (χ0n) is 13.8. The maximum Gasteiger partial charge on any atom is 0.255 e. The lowest BCUT2D eigenvalue weighted by Crippen LogP contribution is -2.32. The van der Waals surface area contributed by atoms with Crippen LogP contribution >= 0.6 is 0 Å². The molecule has 4 N–H and O–H groups in total. The molecule has 0 saturated heterocycles. The Hall–Kier alpha value is -3.48. The molecule has 0 aliphatic carbocycles. The number of H-pyrrole nitrogens is 1. The van der Waals surface area contributed by atoms with Crippen molar-refractivity contribution in [2.45, 2.75) is 12.5 Å². The minimum absolute atomic E-state index is 0.145. The highest BCUT2D eigenvalue weighted by Gasteiger charge is 2.21. The molecule has 3 rings (SSSR count). The van der Waals surface area contributed by atoms with Crippen LogP contribution in [0.3, 0.4) is 0 Å². The number of rotatable bonds is 6. The summed E-state index contributed by atoms with van der Waals surface area (Å²) in [6, 6.07) is 14.2. The van der Waals surface area contributed by atoms with E-state index in [1.807, 2.05) is 30.3 Å². The number of aromatic nitrogens is 2. The number of nitrogens with one attached hydrogen (secondary N) is 2. The molecule has 0 saturated carbocycles. The summed E-state index contributed by atoms with van der Waals surface area (Å²) in [4.78, 5) is 24.1. The summed E-state index contributed by atoms with van der Waals surface area (Å²) in [6.45, 7) is 0. The molecule has 2 amide bonds. The van der Waals surface area contributed by atoms with Crippen molar-refractivity contribution in [1.82, 2.24) is 15.5 Å². The van der Waals surface area contributed by atoms with Crippen LogP contribution in [-0.2, 0) is 4.79 Å². The lowest BCUT2D eigenvalue weighted by atomic mass is 10.0. The number of nitrogens with zero attached hydrogens (tertiary/aromatic N) is 1. The maximum atomic E-state index is 13.5. The molecule has 0 bridgehead atoms. The van der Waals surface area contributed by atoms with Gasteiger partial charge in [-0.05, 0) is 17.7 Å². The third kappa shape index (κ3) is 3.94. The molecule has 1 atom stereocenters. The zero-order valence-corrected chi connectivity index (χ0v) is 13.8. The molecule has 0 fully saturated rings. The molecule has 132 valence electrons. The van der Waals surface area contributed by atoms with Crippen LogP contribution in [0.4, 0.5) is 4.39 Å². The van der Waals surface area contributed by atoms with Gasteiger partial charge in [0, 0.05) is 5.56 Å². The molecule has 26 heavy (non-hydrogen) atoms. The summed E-state index contributed by atoms with van der Waals surface area (Å²) in [6.07, 6.45) is 1.26. The second-order valence-electron chi connectivity index (χ2n) is 5.78. The average Bonchev–Trinajstić information content (AvgIpc) is 3.11. The van der Waals surface area contributed by atoms with Gasteiger partial charge in [-0.3, -0.25) is 14.7 Å². The molecule has 0 aliphatic rings. The Kier molecular flexibility index (Phi) is 5.07. The van der Waals surface area contributed by atoms with Gasteiger partial charge in [0.05, 0.1) is 29.9 Å². The fraction of sp³-hybridized carbons (Fsp3) is 0.105. The number of nitrogens with two attached hydrogens (primary N) is 1. The molecular formula is C19H17FN4O2. The highest BCUT2D eigenvalue weighted by molar-refractivity contribution is 6.00. The van der Waals surface area contributed by atoms with E-state index in [1.54, 1.807) is 6.07 Å². The van der Waals surface area contributed by atoms with Gasteiger partial charge in [-0.25, -0.2) is 4.39 Å². The van der Waals surface area contributed by atoms with E-state index in [0.29, 0.717) is 16.8 Å². The van der Waals surface area contributed by atoms with Gasteiger partial charge in [0.1, 0.15) is 5.82 Å². The number of benzene rings is 2. The quantitative estimate of drug-likeness (QED) is 0.635. The Morgan fingerprint density at radius 1 is 1.15 bits per heavy atom. The van der Waals surface area contributed by atoms with Crippen LogP contribution in [0.15, 0.2) is 60.8 Å². The molecule has 0 unspecified atom stereocenters. The minimum Gasteiger partial charge on any atom is -0.370 e. The van der Waals surface area contributed by atoms with Crippen LogP contribution < -0.4 is 11.1 Å². The van der Waals surface area contributed by atoms with Crippen molar-refractivity contribution in [2.24, 2.45) is 5.73 Å². The van der Waals surface area contributed by atoms with Gasteiger partial charge < -0.3 is 11.1 Å². The van der Waals surface area contributed by atoms with Crippen molar-refractivity contribution in [2.75, 3.05) is 0 Å². The molecule has 6 nitrogen and oxygen atoms in total. The van der Waals surface area contributed by atoms with Gasteiger partial charge in [-0.15, -0.1) is 0 Å². The number of halogens is 1. The number of hydrogen-bond acceptors (Lipinski definition) is 3. The maximum absolute atomic E-state index is 13.5. The first kappa shape index (κ1) is 17.3. The molecule has 0 spiro atoms. The van der Waals surface area contributed by atoms with E-state index < -0.39 is 23.7 Å². The van der Waals surface area contributed by atoms with Gasteiger partial charge in [0.15, 0.2) is 0 Å². The van der Waals surface area contributed by atoms with E-state index in [2.05, 4.69) is 15.5 Å². The Morgan fingerprint density at radius 3 is 2.62 bits per heavy atom. The lowest BCUT2D eigenvalue weighted by Gasteiger charge is -2.18. The SMILES string of the molecule is NC(=O)C[C@H](NC(=O)c1cn[nH]c1-c1ccccc1)c1cccc(F)c1. The number of primary amides is 1. The highest BCUT2D eigenvalue weighted by Crippen LogP contribution is 2.23. The van der Waals surface area contributed by atoms with Crippen molar-refractivity contribution in [3.63, 3.8) is 0 Å². The Bertz CT molecular complexity index is 924. The number of carbonyl (C=O) groups excluding carboxylic acids is 2. The van der Waals surface area contributed by atoms with Crippen molar-refractivity contribution in [1.29, 1.82) is 0 Å². The van der Waals surface area contributed by atoms with Crippen molar-refractivity contribution < 1.29 is 14.0 Å². The molecule has 0 aliphatic heterocycles. The smallest absolute Gasteiger partial charge is 0.255 e. The summed E-state index contributed by atoms with van der Waals surface area (Å²) in [5.74, 6) is -1.50. The summed E-state index contributed by atoms with van der Waals surface area (Å²) >= 11 is 0. The summed E-state index contributed by atoms with van der Waals surface area (Å²) in [5, 5.41) is 9.48. The van der Waals surface area contributed by atoms with E-state index in [4.69, 9.17) is 5.73 Å². The predicted molar refractivity (Wildman–Crippen MR) is 94.4 cm³/mol. The topological polar surface area (TPSA) is 101 Å². The zero-order chi connectivity index (χ0) is 18.5. The Labute approximate surface area is 149 Å². The third-order valence-corrected chi connectivity index (χ3v) is 3.91. The summed E-state index contributed by atoms with van der Waals surface area (Å²) < 4.78 is 13.5. The van der Waals surface area contributed by atoms with E-state index in [-0.39, 0.29) is 6.42 Å². The third-order valence-electron chi connectivity index (χ3n) is 3.91. The van der Waals surface area contributed by atoms with E-state index in [9.17, 15) is 14.0 Å². The fourth-order valence-electron chi connectivity index (χ4n) is 2.70. The molecule has 1 heterocycles. The molecule has 7 heteroatoms. The largest absolute Gasteiger partial charge is 0.370 e. The Balaban J connectivity index is 1.87. The standard InChI is InChI=1S/C19H17FN4O2/c20-14-8-4-7-13(9-14)16(10-17(21)25)23-19(26)15-11-22-24-18(15)12-5-2-1-3-6-12/h1-9,11,16H,10H2,(H2,21,25)(H,22,24)(H,23,26)/t16-/m0/s1.